The SMILES string of the molecule is CCNC(c1ccccc1)c1cc(C)ccc1F. The van der Waals surface area contributed by atoms with Crippen LogP contribution < -0.4 is 5.32 Å². The van der Waals surface area contributed by atoms with Gasteiger partial charge in [-0.25, -0.2) is 4.39 Å². The summed E-state index contributed by atoms with van der Waals surface area (Å²) < 4.78 is 14.0. The molecule has 2 heteroatoms. The molecule has 0 fully saturated rings. The van der Waals surface area contributed by atoms with E-state index in [0.717, 1.165) is 17.7 Å². The Morgan fingerprint density at radius 2 is 1.83 bits per heavy atom. The van der Waals surface area contributed by atoms with Gasteiger partial charge in [0.05, 0.1) is 6.04 Å². The topological polar surface area (TPSA) is 12.0 Å². The summed E-state index contributed by atoms with van der Waals surface area (Å²) in [7, 11) is 0. The van der Waals surface area contributed by atoms with E-state index >= 15 is 0 Å². The highest BCUT2D eigenvalue weighted by atomic mass is 19.1. The zero-order chi connectivity index (χ0) is 13.0. The zero-order valence-corrected chi connectivity index (χ0v) is 10.8. The van der Waals surface area contributed by atoms with Crippen LogP contribution in [0.4, 0.5) is 4.39 Å². The summed E-state index contributed by atoms with van der Waals surface area (Å²) >= 11 is 0. The van der Waals surface area contributed by atoms with E-state index in [1.807, 2.05) is 50.2 Å². The van der Waals surface area contributed by atoms with Gasteiger partial charge in [0, 0.05) is 5.56 Å². The Labute approximate surface area is 108 Å². The van der Waals surface area contributed by atoms with E-state index in [0.29, 0.717) is 5.56 Å². The normalized spacial score (nSPS) is 12.4. The Hall–Kier alpha value is -1.67. The maximum Gasteiger partial charge on any atom is 0.128 e. The van der Waals surface area contributed by atoms with Gasteiger partial charge in [-0.05, 0) is 25.1 Å². The van der Waals surface area contributed by atoms with Crippen LogP contribution in [0.2, 0.25) is 0 Å². The number of benzene rings is 2. The molecular weight excluding hydrogens is 225 g/mol. The lowest BCUT2D eigenvalue weighted by atomic mass is 9.97. The van der Waals surface area contributed by atoms with Crippen molar-refractivity contribution >= 4 is 0 Å². The predicted molar refractivity (Wildman–Crippen MR) is 73.1 cm³/mol. The summed E-state index contributed by atoms with van der Waals surface area (Å²) in [5.41, 5.74) is 2.87. The van der Waals surface area contributed by atoms with Crippen LogP contribution >= 0.6 is 0 Å². The molecule has 2 aromatic carbocycles. The van der Waals surface area contributed by atoms with Crippen LogP contribution in [0, 0.1) is 12.7 Å². The first-order valence-corrected chi connectivity index (χ1v) is 6.26. The third-order valence-corrected chi connectivity index (χ3v) is 3.00. The van der Waals surface area contributed by atoms with Crippen molar-refractivity contribution in [2.24, 2.45) is 0 Å². The molecule has 0 amide bonds. The molecule has 0 aromatic heterocycles. The van der Waals surface area contributed by atoms with Gasteiger partial charge in [-0.15, -0.1) is 0 Å². The monoisotopic (exact) mass is 243 g/mol. The maximum atomic E-state index is 14.0. The molecule has 94 valence electrons. The van der Waals surface area contributed by atoms with E-state index in [2.05, 4.69) is 5.32 Å². The van der Waals surface area contributed by atoms with Gasteiger partial charge in [-0.1, -0.05) is 55.0 Å². The summed E-state index contributed by atoms with van der Waals surface area (Å²) in [6.07, 6.45) is 0. The van der Waals surface area contributed by atoms with Gasteiger partial charge in [-0.2, -0.15) is 0 Å². The number of rotatable bonds is 4. The van der Waals surface area contributed by atoms with Crippen molar-refractivity contribution in [3.8, 4) is 0 Å². The molecule has 1 N–H and O–H groups in total. The van der Waals surface area contributed by atoms with Crippen molar-refractivity contribution in [3.05, 3.63) is 71.0 Å². The third kappa shape index (κ3) is 2.77. The van der Waals surface area contributed by atoms with Crippen molar-refractivity contribution in [1.29, 1.82) is 0 Å². The van der Waals surface area contributed by atoms with Crippen LogP contribution in [0.3, 0.4) is 0 Å². The summed E-state index contributed by atoms with van der Waals surface area (Å²) in [5, 5.41) is 3.34. The largest absolute Gasteiger partial charge is 0.306 e. The molecule has 0 bridgehead atoms. The highest BCUT2D eigenvalue weighted by Gasteiger charge is 2.16. The number of hydrogen-bond acceptors (Lipinski definition) is 1. The van der Waals surface area contributed by atoms with Crippen molar-refractivity contribution in [2.75, 3.05) is 6.54 Å². The minimum Gasteiger partial charge on any atom is -0.306 e. The summed E-state index contributed by atoms with van der Waals surface area (Å²) in [6, 6.07) is 15.1. The van der Waals surface area contributed by atoms with E-state index in [-0.39, 0.29) is 11.9 Å². The van der Waals surface area contributed by atoms with Crippen molar-refractivity contribution in [2.45, 2.75) is 19.9 Å². The Morgan fingerprint density at radius 3 is 2.50 bits per heavy atom. The molecule has 0 aliphatic rings. The second-order valence-corrected chi connectivity index (χ2v) is 4.43. The first-order valence-electron chi connectivity index (χ1n) is 6.26. The Bertz CT molecular complexity index is 508. The molecule has 0 aliphatic heterocycles. The average molecular weight is 243 g/mol. The van der Waals surface area contributed by atoms with E-state index in [9.17, 15) is 4.39 Å². The average Bonchev–Trinajstić information content (AvgIpc) is 2.40. The summed E-state index contributed by atoms with van der Waals surface area (Å²) in [6.45, 7) is 4.81. The second-order valence-electron chi connectivity index (χ2n) is 4.43. The fourth-order valence-corrected chi connectivity index (χ4v) is 2.14. The van der Waals surface area contributed by atoms with Crippen molar-refractivity contribution < 1.29 is 4.39 Å². The molecule has 2 rings (SSSR count). The maximum absolute atomic E-state index is 14.0. The van der Waals surface area contributed by atoms with E-state index in [1.54, 1.807) is 6.07 Å². The zero-order valence-electron chi connectivity index (χ0n) is 10.8. The minimum atomic E-state index is -0.157. The second kappa shape index (κ2) is 5.78. The Kier molecular flexibility index (Phi) is 4.11. The standard InChI is InChI=1S/C16H18FN/c1-3-18-16(13-7-5-4-6-8-13)14-11-12(2)9-10-15(14)17/h4-11,16,18H,3H2,1-2H3. The molecule has 1 atom stereocenters. The molecule has 2 aromatic rings. The van der Waals surface area contributed by atoms with Crippen LogP contribution in [0.5, 0.6) is 0 Å². The molecular formula is C16H18FN. The van der Waals surface area contributed by atoms with Gasteiger partial charge in [0.15, 0.2) is 0 Å². The van der Waals surface area contributed by atoms with Gasteiger partial charge in [0.1, 0.15) is 5.82 Å². The van der Waals surface area contributed by atoms with Gasteiger partial charge in [0.25, 0.3) is 0 Å². The molecule has 1 nitrogen and oxygen atoms in total. The number of nitrogens with one attached hydrogen (secondary N) is 1. The lowest BCUT2D eigenvalue weighted by Crippen LogP contribution is -2.23. The first-order chi connectivity index (χ1) is 8.72. The highest BCUT2D eigenvalue weighted by molar-refractivity contribution is 5.35. The van der Waals surface area contributed by atoms with Crippen LogP contribution in [-0.2, 0) is 0 Å². The molecule has 0 aliphatic carbocycles. The number of aryl methyl sites for hydroxylation is 1. The number of hydrogen-bond donors (Lipinski definition) is 1. The summed E-state index contributed by atoms with van der Waals surface area (Å²) in [5.74, 6) is -0.157. The molecule has 0 spiro atoms. The molecule has 0 radical (unpaired) electrons. The smallest absolute Gasteiger partial charge is 0.128 e. The van der Waals surface area contributed by atoms with E-state index in [1.165, 1.54) is 6.07 Å². The molecule has 0 saturated carbocycles. The predicted octanol–water partition coefficient (Wildman–Crippen LogP) is 3.83. The lowest BCUT2D eigenvalue weighted by Gasteiger charge is -2.20. The van der Waals surface area contributed by atoms with Gasteiger partial charge in [0.2, 0.25) is 0 Å². The van der Waals surface area contributed by atoms with Crippen molar-refractivity contribution in [3.63, 3.8) is 0 Å². The van der Waals surface area contributed by atoms with E-state index < -0.39 is 0 Å². The quantitative estimate of drug-likeness (QED) is 0.860. The fraction of sp³-hybridized carbons (Fsp3) is 0.250. The Morgan fingerprint density at radius 1 is 1.11 bits per heavy atom. The molecule has 0 saturated heterocycles. The highest BCUT2D eigenvalue weighted by Crippen LogP contribution is 2.25. The van der Waals surface area contributed by atoms with Gasteiger partial charge >= 0.3 is 0 Å². The van der Waals surface area contributed by atoms with Crippen LogP contribution in [0.15, 0.2) is 48.5 Å². The van der Waals surface area contributed by atoms with Crippen LogP contribution in [0.1, 0.15) is 29.7 Å². The van der Waals surface area contributed by atoms with Crippen molar-refractivity contribution in [1.82, 2.24) is 5.32 Å². The minimum absolute atomic E-state index is 0.0869. The molecule has 1 unspecified atom stereocenters. The van der Waals surface area contributed by atoms with Gasteiger partial charge in [-0.3, -0.25) is 0 Å². The van der Waals surface area contributed by atoms with Crippen LogP contribution in [0.25, 0.3) is 0 Å². The van der Waals surface area contributed by atoms with Gasteiger partial charge < -0.3 is 5.32 Å². The molecule has 0 heterocycles. The first kappa shape index (κ1) is 12.8. The lowest BCUT2D eigenvalue weighted by molar-refractivity contribution is 0.558. The molecule has 18 heavy (non-hydrogen) atoms. The summed E-state index contributed by atoms with van der Waals surface area (Å²) in [4.78, 5) is 0. The van der Waals surface area contributed by atoms with E-state index in [4.69, 9.17) is 0 Å². The number of halogens is 1. The third-order valence-electron chi connectivity index (χ3n) is 3.00. The fourth-order valence-electron chi connectivity index (χ4n) is 2.14. The Balaban J connectivity index is 2.44. The van der Waals surface area contributed by atoms with Crippen LogP contribution in [-0.4, -0.2) is 6.54 Å².